The van der Waals surface area contributed by atoms with Gasteiger partial charge in [-0.25, -0.2) is 9.18 Å². The van der Waals surface area contributed by atoms with Crippen LogP contribution >= 0.6 is 11.6 Å². The number of aromatic nitrogens is 1. The number of rotatable bonds is 3. The van der Waals surface area contributed by atoms with Crippen LogP contribution in [-0.2, 0) is 14.3 Å². The molecule has 2 unspecified atom stereocenters. The maximum absolute atomic E-state index is 15.4. The zero-order chi connectivity index (χ0) is 31.4. The molecule has 0 saturated heterocycles. The van der Waals surface area contributed by atoms with Gasteiger partial charge in [-0.05, 0) is 80.5 Å². The van der Waals surface area contributed by atoms with Crippen LogP contribution in [0, 0.1) is 5.92 Å². The molecule has 3 heterocycles. The van der Waals surface area contributed by atoms with Gasteiger partial charge in [0.2, 0.25) is 11.8 Å². The summed E-state index contributed by atoms with van der Waals surface area (Å²) in [5, 5.41) is 5.72. The number of nitrogens with zero attached hydrogens (tertiary/aromatic N) is 2. The predicted octanol–water partition coefficient (Wildman–Crippen LogP) is 7.97. The summed E-state index contributed by atoms with van der Waals surface area (Å²) >= 11 is 6.23. The number of anilines is 2. The Kier molecular flexibility index (Phi) is 9.64. The molecule has 2 atom stereocenters. The number of hydrogen-bond acceptors (Lipinski definition) is 5. The van der Waals surface area contributed by atoms with Gasteiger partial charge >= 0.3 is 6.09 Å². The van der Waals surface area contributed by atoms with Gasteiger partial charge in [-0.15, -0.1) is 0 Å². The van der Waals surface area contributed by atoms with Crippen LogP contribution in [0.3, 0.4) is 0 Å². The fourth-order valence-electron chi connectivity index (χ4n) is 5.98. The number of carbonyl (C=O) groups is 3. The van der Waals surface area contributed by atoms with Crippen molar-refractivity contribution in [1.82, 2.24) is 9.88 Å². The minimum atomic E-state index is -0.616. The fraction of sp³-hybridized carbons (Fsp3) is 0.353. The van der Waals surface area contributed by atoms with Crippen LogP contribution in [-0.4, -0.2) is 41.4 Å². The molecule has 0 fully saturated rings. The van der Waals surface area contributed by atoms with Crippen molar-refractivity contribution in [2.75, 3.05) is 24.3 Å². The number of halogens is 2. The SMILES string of the molecule is COC(=O)Nc1ccc2c(c1)NC(=O)C(C)CCCC(N1CCC(C3=C(C)CCC=CC(Cl)=C3F)=CC1=O)c1cc-2ccn1. The van der Waals surface area contributed by atoms with Gasteiger partial charge < -0.3 is 15.0 Å². The second-order valence-corrected chi connectivity index (χ2v) is 11.8. The summed E-state index contributed by atoms with van der Waals surface area (Å²) in [6, 6.07) is 8.70. The number of hydrogen-bond donors (Lipinski definition) is 2. The Balaban J connectivity index is 1.51. The number of fused-ring (bicyclic) bond motifs is 4. The van der Waals surface area contributed by atoms with Crippen molar-refractivity contribution in [2.45, 2.75) is 58.4 Å². The van der Waals surface area contributed by atoms with E-state index in [1.165, 1.54) is 7.11 Å². The molecule has 3 amide bonds. The molecule has 1 aromatic carbocycles. The summed E-state index contributed by atoms with van der Waals surface area (Å²) in [4.78, 5) is 45.2. The van der Waals surface area contributed by atoms with E-state index in [9.17, 15) is 14.4 Å². The van der Waals surface area contributed by atoms with Gasteiger partial charge in [0.15, 0.2) is 0 Å². The third-order valence-corrected chi connectivity index (χ3v) is 8.70. The summed E-state index contributed by atoms with van der Waals surface area (Å²) < 4.78 is 20.1. The summed E-state index contributed by atoms with van der Waals surface area (Å²) in [5.41, 5.74) is 5.25. The molecular weight excluding hydrogens is 583 g/mol. The van der Waals surface area contributed by atoms with Gasteiger partial charge in [0.05, 0.1) is 29.6 Å². The number of pyridine rings is 1. The predicted molar refractivity (Wildman–Crippen MR) is 170 cm³/mol. The lowest BCUT2D eigenvalue weighted by Crippen LogP contribution is -2.38. The van der Waals surface area contributed by atoms with Crippen molar-refractivity contribution in [3.8, 4) is 11.1 Å². The molecule has 1 aromatic heterocycles. The topological polar surface area (TPSA) is 101 Å². The molecule has 0 saturated carbocycles. The molecule has 2 aliphatic heterocycles. The number of amides is 3. The van der Waals surface area contributed by atoms with Crippen molar-refractivity contribution in [3.05, 3.63) is 88.0 Å². The Hall–Kier alpha value is -4.24. The molecule has 230 valence electrons. The molecule has 2 bridgehead atoms. The lowest BCUT2D eigenvalue weighted by Gasteiger charge is -2.35. The third kappa shape index (κ3) is 6.78. The quantitative estimate of drug-likeness (QED) is 0.363. The Labute approximate surface area is 261 Å². The van der Waals surface area contributed by atoms with Crippen LogP contribution in [0.15, 0.2) is 82.3 Å². The lowest BCUT2D eigenvalue weighted by molar-refractivity contribution is -0.129. The second-order valence-electron chi connectivity index (χ2n) is 11.4. The molecule has 0 radical (unpaired) electrons. The smallest absolute Gasteiger partial charge is 0.411 e. The summed E-state index contributed by atoms with van der Waals surface area (Å²) in [6.07, 6.45) is 9.89. The van der Waals surface area contributed by atoms with Crippen molar-refractivity contribution in [2.24, 2.45) is 5.92 Å². The number of nitrogens with one attached hydrogen (secondary N) is 2. The average molecular weight is 619 g/mol. The van der Waals surface area contributed by atoms with Crippen molar-refractivity contribution in [3.63, 3.8) is 0 Å². The first kappa shape index (κ1) is 31.2. The van der Waals surface area contributed by atoms with Gasteiger partial charge in [0, 0.05) is 41.6 Å². The molecule has 2 N–H and O–H groups in total. The highest BCUT2D eigenvalue weighted by Gasteiger charge is 2.31. The van der Waals surface area contributed by atoms with E-state index in [2.05, 4.69) is 10.6 Å². The fourth-order valence-corrected chi connectivity index (χ4v) is 6.16. The number of ether oxygens (including phenoxy) is 1. The molecule has 10 heteroatoms. The van der Waals surface area contributed by atoms with Crippen LogP contribution in [0.4, 0.5) is 20.6 Å². The van der Waals surface area contributed by atoms with Gasteiger partial charge in [0.1, 0.15) is 5.83 Å². The molecule has 1 aliphatic carbocycles. The Bertz CT molecular complexity index is 1610. The van der Waals surface area contributed by atoms with E-state index in [0.717, 1.165) is 28.8 Å². The van der Waals surface area contributed by atoms with Crippen LogP contribution in [0.2, 0.25) is 0 Å². The Morgan fingerprint density at radius 1 is 1.18 bits per heavy atom. The van der Waals surface area contributed by atoms with Gasteiger partial charge in [-0.3, -0.25) is 19.9 Å². The highest BCUT2D eigenvalue weighted by Crippen LogP contribution is 2.39. The maximum atomic E-state index is 15.4. The van der Waals surface area contributed by atoms with Gasteiger partial charge in [-0.1, -0.05) is 42.7 Å². The maximum Gasteiger partial charge on any atom is 0.411 e. The summed E-state index contributed by atoms with van der Waals surface area (Å²) in [5.74, 6) is -1.13. The van der Waals surface area contributed by atoms with E-state index >= 15 is 4.39 Å². The van der Waals surface area contributed by atoms with Gasteiger partial charge in [0.25, 0.3) is 0 Å². The van der Waals surface area contributed by atoms with Crippen molar-refractivity contribution >= 4 is 40.9 Å². The van der Waals surface area contributed by atoms with E-state index < -0.39 is 11.9 Å². The first-order valence-electron chi connectivity index (χ1n) is 14.9. The first-order valence-corrected chi connectivity index (χ1v) is 15.2. The Morgan fingerprint density at radius 3 is 2.77 bits per heavy atom. The second kappa shape index (κ2) is 13.6. The van der Waals surface area contributed by atoms with Crippen LogP contribution in [0.5, 0.6) is 0 Å². The molecule has 3 aliphatic rings. The molecule has 0 spiro atoms. The van der Waals surface area contributed by atoms with E-state index in [1.54, 1.807) is 35.4 Å². The highest BCUT2D eigenvalue weighted by atomic mass is 35.5. The molecular formula is C34H36ClFN4O4. The summed E-state index contributed by atoms with van der Waals surface area (Å²) in [7, 11) is 1.28. The number of benzene rings is 1. The largest absolute Gasteiger partial charge is 0.453 e. The van der Waals surface area contributed by atoms with E-state index in [1.807, 2.05) is 38.1 Å². The molecule has 5 rings (SSSR count). The van der Waals surface area contributed by atoms with E-state index in [0.29, 0.717) is 61.2 Å². The van der Waals surface area contributed by atoms with Crippen LogP contribution in [0.25, 0.3) is 11.1 Å². The standard InChI is InChI=1S/C34H36ClFN4O4/c1-20-7-4-5-9-26(35)32(36)31(20)23-14-16-40(30(41)18-23)29-10-6-8-21(2)33(42)39-27-19-24(38-34(43)44-3)11-12-25(27)22-13-15-37-28(29)17-22/h5,9,11-13,15,17-19,21,29H,4,6-8,10,14,16H2,1-3H3,(H,38,43)(H,39,42). The third-order valence-electron chi connectivity index (χ3n) is 8.41. The minimum absolute atomic E-state index is 0.0433. The molecule has 8 nitrogen and oxygen atoms in total. The molecule has 44 heavy (non-hydrogen) atoms. The summed E-state index contributed by atoms with van der Waals surface area (Å²) in [6.45, 7) is 4.16. The van der Waals surface area contributed by atoms with Crippen LogP contribution in [0.1, 0.15) is 64.1 Å². The number of allylic oxidation sites excluding steroid dienone is 6. The average Bonchev–Trinajstić information content (AvgIpc) is 3.01. The van der Waals surface area contributed by atoms with E-state index in [4.69, 9.17) is 21.3 Å². The monoisotopic (exact) mass is 618 g/mol. The lowest BCUT2D eigenvalue weighted by atomic mass is 9.89. The van der Waals surface area contributed by atoms with Crippen molar-refractivity contribution in [1.29, 1.82) is 0 Å². The van der Waals surface area contributed by atoms with Crippen molar-refractivity contribution < 1.29 is 23.5 Å². The number of methoxy groups -OCH3 is 1. The first-order chi connectivity index (χ1) is 21.2. The highest BCUT2D eigenvalue weighted by molar-refractivity contribution is 6.31. The minimum Gasteiger partial charge on any atom is -0.453 e. The van der Waals surface area contributed by atoms with Crippen LogP contribution < -0.4 is 10.6 Å². The molecule has 2 aromatic rings. The Morgan fingerprint density at radius 2 is 2.00 bits per heavy atom. The van der Waals surface area contributed by atoms with E-state index in [-0.39, 0.29) is 28.8 Å². The zero-order valence-corrected chi connectivity index (χ0v) is 25.8. The zero-order valence-electron chi connectivity index (χ0n) is 25.1. The van der Waals surface area contributed by atoms with Gasteiger partial charge in [-0.2, -0.15) is 0 Å². The number of carbonyl (C=O) groups excluding carboxylic acids is 3. The normalized spacial score (nSPS) is 21.3.